The average Bonchev–Trinajstić information content (AvgIpc) is 2.37. The smallest absolute Gasteiger partial charge is 0.241 e. The van der Waals surface area contributed by atoms with Gasteiger partial charge in [0.1, 0.15) is 5.75 Å². The molecule has 0 spiro atoms. The van der Waals surface area contributed by atoms with Crippen LogP contribution in [0.5, 0.6) is 5.75 Å². The zero-order chi connectivity index (χ0) is 14.1. The Bertz CT molecular complexity index is 573. The normalized spacial score (nSPS) is 14.9. The van der Waals surface area contributed by atoms with Gasteiger partial charge in [0.25, 0.3) is 0 Å². The summed E-state index contributed by atoms with van der Waals surface area (Å²) in [5.41, 5.74) is 5.84. The van der Waals surface area contributed by atoms with Gasteiger partial charge in [-0.15, -0.1) is 12.4 Å². The van der Waals surface area contributed by atoms with E-state index in [1.165, 1.54) is 0 Å². The number of nitrogens with one attached hydrogen (secondary N) is 1. The maximum atomic E-state index is 12.3. The van der Waals surface area contributed by atoms with Crippen LogP contribution in [0.1, 0.15) is 25.8 Å². The lowest BCUT2D eigenvalue weighted by molar-refractivity contribution is 0.288. The molecule has 2 rings (SSSR count). The van der Waals surface area contributed by atoms with Crippen molar-refractivity contribution in [2.45, 2.75) is 37.1 Å². The van der Waals surface area contributed by atoms with E-state index in [9.17, 15) is 8.42 Å². The number of fused-ring (bicyclic) bond motifs is 1. The van der Waals surface area contributed by atoms with E-state index in [1.807, 2.05) is 0 Å². The molecule has 20 heavy (non-hydrogen) atoms. The summed E-state index contributed by atoms with van der Waals surface area (Å²) < 4.78 is 32.7. The van der Waals surface area contributed by atoms with Gasteiger partial charge in [-0.05, 0) is 50.5 Å². The first-order chi connectivity index (χ1) is 8.84. The van der Waals surface area contributed by atoms with Crippen LogP contribution in [-0.2, 0) is 16.4 Å². The van der Waals surface area contributed by atoms with Crippen molar-refractivity contribution in [1.29, 1.82) is 0 Å². The maximum Gasteiger partial charge on any atom is 0.241 e. The van der Waals surface area contributed by atoms with Gasteiger partial charge in [-0.25, -0.2) is 13.1 Å². The molecule has 3 N–H and O–H groups in total. The van der Waals surface area contributed by atoms with Crippen LogP contribution < -0.4 is 15.2 Å². The van der Waals surface area contributed by atoms with Gasteiger partial charge in [0.2, 0.25) is 10.0 Å². The summed E-state index contributed by atoms with van der Waals surface area (Å²) in [5.74, 6) is 0.781. The third-order valence-electron chi connectivity index (χ3n) is 3.11. The molecule has 114 valence electrons. The number of hydrogen-bond donors (Lipinski definition) is 2. The highest BCUT2D eigenvalue weighted by molar-refractivity contribution is 7.89. The lowest BCUT2D eigenvalue weighted by atomic mass is 10.1. The second-order valence-electron chi connectivity index (χ2n) is 5.42. The maximum absolute atomic E-state index is 12.3. The molecule has 0 radical (unpaired) electrons. The van der Waals surface area contributed by atoms with Crippen LogP contribution in [0.3, 0.4) is 0 Å². The molecular weight excluding hydrogens is 300 g/mol. The van der Waals surface area contributed by atoms with Crippen molar-refractivity contribution >= 4 is 22.4 Å². The second kappa shape index (κ2) is 6.30. The third-order valence-corrected chi connectivity index (χ3v) is 4.81. The molecule has 1 aromatic rings. The van der Waals surface area contributed by atoms with E-state index >= 15 is 0 Å². The molecular formula is C13H21ClN2O3S. The minimum Gasteiger partial charge on any atom is -0.493 e. The van der Waals surface area contributed by atoms with E-state index in [0.717, 1.165) is 24.2 Å². The zero-order valence-electron chi connectivity index (χ0n) is 11.7. The lowest BCUT2D eigenvalue weighted by Gasteiger charge is -2.24. The molecule has 0 amide bonds. The zero-order valence-corrected chi connectivity index (χ0v) is 13.3. The van der Waals surface area contributed by atoms with Crippen molar-refractivity contribution in [3.63, 3.8) is 0 Å². The molecule has 1 heterocycles. The van der Waals surface area contributed by atoms with Crippen LogP contribution in [0.2, 0.25) is 0 Å². The second-order valence-corrected chi connectivity index (χ2v) is 7.10. The van der Waals surface area contributed by atoms with Crippen molar-refractivity contribution in [2.24, 2.45) is 5.73 Å². The summed E-state index contributed by atoms with van der Waals surface area (Å²) in [6, 6.07) is 4.97. The highest BCUT2D eigenvalue weighted by Gasteiger charge is 2.25. The number of benzene rings is 1. The molecule has 0 fully saturated rings. The minimum atomic E-state index is -3.55. The van der Waals surface area contributed by atoms with Gasteiger partial charge in [-0.1, -0.05) is 0 Å². The Kier molecular flexibility index (Phi) is 5.43. The molecule has 5 nitrogen and oxygen atoms in total. The minimum absolute atomic E-state index is 0. The monoisotopic (exact) mass is 320 g/mol. The molecule has 0 aromatic heterocycles. The van der Waals surface area contributed by atoms with E-state index in [2.05, 4.69) is 4.72 Å². The highest BCUT2D eigenvalue weighted by Crippen LogP contribution is 2.27. The Morgan fingerprint density at radius 3 is 2.75 bits per heavy atom. The fraction of sp³-hybridized carbons (Fsp3) is 0.538. The highest BCUT2D eigenvalue weighted by atomic mass is 35.5. The molecule has 1 aliphatic rings. The Morgan fingerprint density at radius 2 is 2.10 bits per heavy atom. The standard InChI is InChI=1S/C13H20N2O3S.ClH/c1-13(2,9-14)15-19(16,17)11-5-6-12-10(8-11)4-3-7-18-12;/h5-6,8,15H,3-4,7,9,14H2,1-2H3;1H. The van der Waals surface area contributed by atoms with Crippen LogP contribution in [0.4, 0.5) is 0 Å². The summed E-state index contributed by atoms with van der Waals surface area (Å²) in [4.78, 5) is 0.262. The summed E-state index contributed by atoms with van der Waals surface area (Å²) in [5, 5.41) is 0. The van der Waals surface area contributed by atoms with Crippen LogP contribution in [0, 0.1) is 0 Å². The average molecular weight is 321 g/mol. The van der Waals surface area contributed by atoms with Crippen LogP contribution in [0.15, 0.2) is 23.1 Å². The van der Waals surface area contributed by atoms with Gasteiger partial charge >= 0.3 is 0 Å². The molecule has 0 bridgehead atoms. The number of nitrogens with two attached hydrogens (primary N) is 1. The Morgan fingerprint density at radius 1 is 1.40 bits per heavy atom. The first-order valence-electron chi connectivity index (χ1n) is 6.34. The lowest BCUT2D eigenvalue weighted by Crippen LogP contribution is -2.48. The molecule has 1 aliphatic heterocycles. The van der Waals surface area contributed by atoms with E-state index in [0.29, 0.717) is 6.61 Å². The number of ether oxygens (including phenoxy) is 1. The van der Waals surface area contributed by atoms with Gasteiger partial charge < -0.3 is 10.5 Å². The number of sulfonamides is 1. The topological polar surface area (TPSA) is 81.4 Å². The molecule has 0 atom stereocenters. The van der Waals surface area contributed by atoms with Gasteiger partial charge in [0.15, 0.2) is 0 Å². The summed E-state index contributed by atoms with van der Waals surface area (Å²) in [6.07, 6.45) is 1.76. The van der Waals surface area contributed by atoms with E-state index in [4.69, 9.17) is 10.5 Å². The van der Waals surface area contributed by atoms with Gasteiger partial charge in [-0.3, -0.25) is 0 Å². The van der Waals surface area contributed by atoms with Crippen molar-refractivity contribution in [2.75, 3.05) is 13.2 Å². The Labute approximate surface area is 126 Å². The van der Waals surface area contributed by atoms with Crippen molar-refractivity contribution < 1.29 is 13.2 Å². The molecule has 7 heteroatoms. The predicted octanol–water partition coefficient (Wildman–Crippen LogP) is 1.45. The predicted molar refractivity (Wildman–Crippen MR) is 81.0 cm³/mol. The van der Waals surface area contributed by atoms with Crippen LogP contribution in [0.25, 0.3) is 0 Å². The quantitative estimate of drug-likeness (QED) is 0.879. The summed E-state index contributed by atoms with van der Waals surface area (Å²) in [6.45, 7) is 4.44. The fourth-order valence-corrected chi connectivity index (χ4v) is 3.44. The summed E-state index contributed by atoms with van der Waals surface area (Å²) in [7, 11) is -3.55. The molecule has 0 aliphatic carbocycles. The van der Waals surface area contributed by atoms with Gasteiger partial charge in [-0.2, -0.15) is 0 Å². The first kappa shape index (κ1) is 17.2. The Hall–Kier alpha value is -0.820. The Balaban J connectivity index is 0.00000200. The van der Waals surface area contributed by atoms with Gasteiger partial charge in [0, 0.05) is 12.1 Å². The first-order valence-corrected chi connectivity index (χ1v) is 7.82. The van der Waals surface area contributed by atoms with E-state index in [1.54, 1.807) is 32.0 Å². The van der Waals surface area contributed by atoms with Gasteiger partial charge in [0.05, 0.1) is 11.5 Å². The molecule has 0 unspecified atom stereocenters. The van der Waals surface area contributed by atoms with Crippen molar-refractivity contribution in [3.8, 4) is 5.75 Å². The van der Waals surface area contributed by atoms with Crippen LogP contribution in [-0.4, -0.2) is 27.1 Å². The van der Waals surface area contributed by atoms with E-state index < -0.39 is 15.6 Å². The van der Waals surface area contributed by atoms with Crippen LogP contribution >= 0.6 is 12.4 Å². The number of hydrogen-bond acceptors (Lipinski definition) is 4. The van der Waals surface area contributed by atoms with Crippen molar-refractivity contribution in [1.82, 2.24) is 4.72 Å². The summed E-state index contributed by atoms with van der Waals surface area (Å²) >= 11 is 0. The number of rotatable bonds is 4. The number of aryl methyl sites for hydroxylation is 1. The SMILES string of the molecule is CC(C)(CN)NS(=O)(=O)c1ccc2c(c1)CCCO2.Cl. The fourth-order valence-electron chi connectivity index (χ4n) is 1.97. The largest absolute Gasteiger partial charge is 0.493 e. The third kappa shape index (κ3) is 3.85. The van der Waals surface area contributed by atoms with E-state index in [-0.39, 0.29) is 23.8 Å². The van der Waals surface area contributed by atoms with Crippen molar-refractivity contribution in [3.05, 3.63) is 23.8 Å². The number of halogens is 1. The molecule has 1 aromatic carbocycles. The molecule has 0 saturated heterocycles. The molecule has 0 saturated carbocycles.